The highest BCUT2D eigenvalue weighted by atomic mass is 35.5. The van der Waals surface area contributed by atoms with E-state index in [1.807, 2.05) is 0 Å². The standard InChI is InChI=1S/C24H31ClO4/c1-12(2)14-11-24-9-6-15-22(3,7-5-8-23(15,4)21(25)28)16(24)10-13(14)17-18(24)20(27)29-19(17)26/h11-13,15-18H,5-10H2,1-4H3/t13?,15-,16-,17?,18?,22+,23-,24-/m1/s1. The first-order chi connectivity index (χ1) is 13.6. The van der Waals surface area contributed by atoms with Gasteiger partial charge in [0.1, 0.15) is 0 Å². The van der Waals surface area contributed by atoms with Gasteiger partial charge >= 0.3 is 11.9 Å². The minimum atomic E-state index is -0.497. The van der Waals surface area contributed by atoms with Gasteiger partial charge in [-0.3, -0.25) is 14.4 Å². The quantitative estimate of drug-likeness (QED) is 0.277. The number of cyclic esters (lactones) is 2. The lowest BCUT2D eigenvalue weighted by Gasteiger charge is -2.68. The lowest BCUT2D eigenvalue weighted by Crippen LogP contribution is -2.64. The summed E-state index contributed by atoms with van der Waals surface area (Å²) >= 11 is 6.16. The van der Waals surface area contributed by atoms with E-state index in [2.05, 4.69) is 33.8 Å². The van der Waals surface area contributed by atoms with E-state index in [0.717, 1.165) is 38.5 Å². The Bertz CT molecular complexity index is 846. The Morgan fingerprint density at radius 2 is 1.86 bits per heavy atom. The summed E-state index contributed by atoms with van der Waals surface area (Å²) in [4.78, 5) is 38.0. The molecule has 1 spiro atoms. The van der Waals surface area contributed by atoms with E-state index in [1.54, 1.807) is 0 Å². The third-order valence-corrected chi connectivity index (χ3v) is 10.3. The number of allylic oxidation sites excluding steroid dienone is 2. The first-order valence-corrected chi connectivity index (χ1v) is 11.6. The molecule has 2 bridgehead atoms. The Balaban J connectivity index is 1.67. The van der Waals surface area contributed by atoms with Gasteiger partial charge in [-0.15, -0.1) is 0 Å². The second-order valence-electron chi connectivity index (χ2n) is 11.2. The van der Waals surface area contributed by atoms with Crippen molar-refractivity contribution >= 4 is 28.8 Å². The number of esters is 2. The molecule has 0 N–H and O–H groups in total. The number of carbonyl (C=O) groups excluding carboxylic acids is 3. The summed E-state index contributed by atoms with van der Waals surface area (Å²) in [6, 6.07) is 0. The Morgan fingerprint density at radius 1 is 1.14 bits per heavy atom. The molecule has 5 heteroatoms. The molecule has 29 heavy (non-hydrogen) atoms. The van der Waals surface area contributed by atoms with Crippen molar-refractivity contribution in [2.45, 2.75) is 66.2 Å². The van der Waals surface area contributed by atoms with Crippen molar-refractivity contribution in [3.63, 3.8) is 0 Å². The topological polar surface area (TPSA) is 60.4 Å². The van der Waals surface area contributed by atoms with Gasteiger partial charge in [-0.25, -0.2) is 0 Å². The highest BCUT2D eigenvalue weighted by molar-refractivity contribution is 6.64. The van der Waals surface area contributed by atoms with E-state index in [9.17, 15) is 14.4 Å². The average Bonchev–Trinajstić information content (AvgIpc) is 2.97. The van der Waals surface area contributed by atoms with Gasteiger partial charge in [0, 0.05) is 10.8 Å². The van der Waals surface area contributed by atoms with Crippen LogP contribution in [0.2, 0.25) is 0 Å². The zero-order valence-electron chi connectivity index (χ0n) is 17.8. The van der Waals surface area contributed by atoms with Crippen molar-refractivity contribution in [2.75, 3.05) is 0 Å². The number of ether oxygens (including phenoxy) is 1. The van der Waals surface area contributed by atoms with Crippen LogP contribution in [0.5, 0.6) is 0 Å². The average molecular weight is 419 g/mol. The van der Waals surface area contributed by atoms with Crippen LogP contribution in [0.4, 0.5) is 0 Å². The highest BCUT2D eigenvalue weighted by Crippen LogP contribution is 2.74. The minimum Gasteiger partial charge on any atom is -0.393 e. The van der Waals surface area contributed by atoms with Gasteiger partial charge < -0.3 is 4.74 Å². The summed E-state index contributed by atoms with van der Waals surface area (Å²) in [7, 11) is 0. The fraction of sp³-hybridized carbons (Fsp3) is 0.792. The summed E-state index contributed by atoms with van der Waals surface area (Å²) in [5.41, 5.74) is 0.469. The van der Waals surface area contributed by atoms with E-state index < -0.39 is 5.41 Å². The van der Waals surface area contributed by atoms with E-state index in [0.29, 0.717) is 5.92 Å². The third-order valence-electron chi connectivity index (χ3n) is 9.86. The van der Waals surface area contributed by atoms with Crippen molar-refractivity contribution in [3.05, 3.63) is 11.6 Å². The molecule has 0 radical (unpaired) electrons. The van der Waals surface area contributed by atoms with Crippen LogP contribution in [-0.2, 0) is 19.1 Å². The summed E-state index contributed by atoms with van der Waals surface area (Å²) in [5.74, 6) is -0.337. The molecule has 3 unspecified atom stereocenters. The fourth-order valence-corrected chi connectivity index (χ4v) is 8.97. The predicted molar refractivity (Wildman–Crippen MR) is 109 cm³/mol. The van der Waals surface area contributed by atoms with E-state index in [1.165, 1.54) is 5.57 Å². The molecule has 158 valence electrons. The summed E-state index contributed by atoms with van der Waals surface area (Å²) in [5, 5.41) is -0.211. The van der Waals surface area contributed by atoms with Crippen molar-refractivity contribution < 1.29 is 19.1 Å². The molecule has 0 aromatic heterocycles. The molecule has 8 atom stereocenters. The molecule has 1 saturated heterocycles. The molecule has 6 rings (SSSR count). The molecule has 3 saturated carbocycles. The van der Waals surface area contributed by atoms with Gasteiger partial charge in [0.05, 0.1) is 11.8 Å². The Morgan fingerprint density at radius 3 is 2.52 bits per heavy atom. The predicted octanol–water partition coefficient (Wildman–Crippen LogP) is 4.89. The first kappa shape index (κ1) is 19.8. The molecule has 5 aliphatic carbocycles. The number of fused-ring (bicyclic) bond motifs is 1. The smallest absolute Gasteiger partial charge is 0.318 e. The molecule has 4 nitrogen and oxygen atoms in total. The maximum atomic E-state index is 12.9. The van der Waals surface area contributed by atoms with Crippen LogP contribution in [0, 0.1) is 51.8 Å². The second kappa shape index (κ2) is 5.96. The number of hydrogen-bond donors (Lipinski definition) is 0. The van der Waals surface area contributed by atoms with Crippen molar-refractivity contribution in [1.29, 1.82) is 0 Å². The van der Waals surface area contributed by atoms with Crippen LogP contribution < -0.4 is 0 Å². The molecule has 0 aromatic carbocycles. The van der Waals surface area contributed by atoms with E-state index in [-0.39, 0.29) is 57.6 Å². The van der Waals surface area contributed by atoms with Crippen LogP contribution in [-0.4, -0.2) is 17.2 Å². The zero-order valence-corrected chi connectivity index (χ0v) is 18.6. The van der Waals surface area contributed by atoms with Crippen LogP contribution in [0.3, 0.4) is 0 Å². The Kier molecular flexibility index (Phi) is 4.07. The van der Waals surface area contributed by atoms with Gasteiger partial charge in [0.25, 0.3) is 0 Å². The minimum absolute atomic E-state index is 0.0516. The van der Waals surface area contributed by atoms with Crippen LogP contribution in [0.15, 0.2) is 11.6 Å². The maximum absolute atomic E-state index is 12.9. The fourth-order valence-electron chi connectivity index (χ4n) is 8.74. The molecule has 0 aromatic rings. The van der Waals surface area contributed by atoms with E-state index >= 15 is 0 Å². The molecule has 0 amide bonds. The number of halogens is 1. The summed E-state index contributed by atoms with van der Waals surface area (Å²) in [6.45, 7) is 8.76. The number of rotatable bonds is 2. The van der Waals surface area contributed by atoms with Gasteiger partial charge in [-0.05, 0) is 72.8 Å². The molecule has 4 fully saturated rings. The molecular weight excluding hydrogens is 388 g/mol. The normalized spacial score (nSPS) is 50.6. The van der Waals surface area contributed by atoms with Gasteiger partial charge in [-0.1, -0.05) is 45.8 Å². The monoisotopic (exact) mass is 418 g/mol. The maximum Gasteiger partial charge on any atom is 0.318 e. The molecule has 6 aliphatic rings. The van der Waals surface area contributed by atoms with Gasteiger partial charge in [0.15, 0.2) is 0 Å². The molecule has 1 heterocycles. The number of hydrogen-bond acceptors (Lipinski definition) is 4. The van der Waals surface area contributed by atoms with Crippen LogP contribution >= 0.6 is 11.6 Å². The van der Waals surface area contributed by atoms with Gasteiger partial charge in [-0.2, -0.15) is 0 Å². The van der Waals surface area contributed by atoms with Crippen LogP contribution in [0.25, 0.3) is 0 Å². The lowest BCUT2D eigenvalue weighted by atomic mass is 9.35. The zero-order chi connectivity index (χ0) is 20.9. The number of carbonyl (C=O) groups is 3. The second-order valence-corrected chi connectivity index (χ2v) is 11.5. The van der Waals surface area contributed by atoms with Crippen LogP contribution in [0.1, 0.15) is 66.2 Å². The first-order valence-electron chi connectivity index (χ1n) is 11.2. The van der Waals surface area contributed by atoms with Gasteiger partial charge in [0.2, 0.25) is 5.24 Å². The molecule has 1 aliphatic heterocycles. The Hall–Kier alpha value is -1.16. The largest absolute Gasteiger partial charge is 0.393 e. The van der Waals surface area contributed by atoms with Crippen molar-refractivity contribution in [1.82, 2.24) is 0 Å². The van der Waals surface area contributed by atoms with Crippen molar-refractivity contribution in [3.8, 4) is 0 Å². The Labute approximate surface area is 177 Å². The highest BCUT2D eigenvalue weighted by Gasteiger charge is 2.72. The third kappa shape index (κ3) is 2.25. The van der Waals surface area contributed by atoms with E-state index in [4.69, 9.17) is 16.3 Å². The lowest BCUT2D eigenvalue weighted by molar-refractivity contribution is -0.184. The van der Waals surface area contributed by atoms with Crippen molar-refractivity contribution in [2.24, 2.45) is 51.8 Å². The SMILES string of the molecule is CC(C)C1=C[C@]23CC[C@@H]4[C@](C)(CCC[C@@]4(C)C(=O)Cl)[C@H]2CC1C1C(=O)OC(=O)C13. The summed E-state index contributed by atoms with van der Waals surface area (Å²) in [6.07, 6.45) is 7.92. The molecular formula is C24H31ClO4. The summed E-state index contributed by atoms with van der Waals surface area (Å²) < 4.78 is 5.22.